The smallest absolute Gasteiger partial charge is 0.222 e. The molecule has 0 bridgehead atoms. The standard InChI is InChI=1S/C25H29N3O2/c1-19-16-26-25(22-6-4-3-5-7-22)28(19)18-21-14-15-27(17-21)24(29)13-10-20-8-11-23(30-2)12-9-20/h3-9,11-12,16,21H,10,13-15,17-18H2,1-2H3. The monoisotopic (exact) mass is 403 g/mol. The summed E-state index contributed by atoms with van der Waals surface area (Å²) in [5.41, 5.74) is 3.47. The Bertz CT molecular complexity index is 979. The molecule has 1 amide bonds. The van der Waals surface area contributed by atoms with Crippen molar-refractivity contribution in [1.82, 2.24) is 14.5 Å². The first-order valence-electron chi connectivity index (χ1n) is 10.6. The summed E-state index contributed by atoms with van der Waals surface area (Å²) in [6.45, 7) is 4.68. The van der Waals surface area contributed by atoms with Crippen LogP contribution in [0, 0.1) is 12.8 Å². The number of ether oxygens (including phenoxy) is 1. The van der Waals surface area contributed by atoms with Crippen LogP contribution >= 0.6 is 0 Å². The number of rotatable bonds is 7. The number of nitrogens with zero attached hydrogens (tertiary/aromatic N) is 3. The second-order valence-corrected chi connectivity index (χ2v) is 8.04. The molecular formula is C25H29N3O2. The number of imidazole rings is 1. The minimum absolute atomic E-state index is 0.249. The van der Waals surface area contributed by atoms with Crippen LogP contribution in [0.3, 0.4) is 0 Å². The molecule has 2 aromatic carbocycles. The van der Waals surface area contributed by atoms with E-state index in [1.807, 2.05) is 53.6 Å². The maximum atomic E-state index is 12.7. The van der Waals surface area contributed by atoms with Gasteiger partial charge in [-0.3, -0.25) is 4.79 Å². The van der Waals surface area contributed by atoms with Crippen molar-refractivity contribution in [2.24, 2.45) is 5.92 Å². The Kier molecular flexibility index (Phi) is 6.17. The van der Waals surface area contributed by atoms with Crippen molar-refractivity contribution >= 4 is 5.91 Å². The average Bonchev–Trinajstić information content (AvgIpc) is 3.40. The minimum Gasteiger partial charge on any atom is -0.497 e. The first kappa shape index (κ1) is 20.2. The third-order valence-electron chi connectivity index (χ3n) is 5.95. The minimum atomic E-state index is 0.249. The molecule has 1 atom stereocenters. The lowest BCUT2D eigenvalue weighted by atomic mass is 10.1. The van der Waals surface area contributed by atoms with Crippen molar-refractivity contribution in [3.8, 4) is 17.1 Å². The molecule has 1 saturated heterocycles. The van der Waals surface area contributed by atoms with Gasteiger partial charge in [-0.25, -0.2) is 4.98 Å². The number of benzene rings is 2. The molecule has 2 heterocycles. The van der Waals surface area contributed by atoms with Gasteiger partial charge in [0, 0.05) is 43.5 Å². The summed E-state index contributed by atoms with van der Waals surface area (Å²) in [5.74, 6) is 2.57. The summed E-state index contributed by atoms with van der Waals surface area (Å²) >= 11 is 0. The molecule has 1 fully saturated rings. The lowest BCUT2D eigenvalue weighted by Crippen LogP contribution is -2.29. The summed E-state index contributed by atoms with van der Waals surface area (Å²) < 4.78 is 7.49. The van der Waals surface area contributed by atoms with Crippen LogP contribution in [0.4, 0.5) is 0 Å². The summed E-state index contributed by atoms with van der Waals surface area (Å²) in [5, 5.41) is 0. The van der Waals surface area contributed by atoms with Crippen LogP contribution in [0.15, 0.2) is 60.8 Å². The van der Waals surface area contributed by atoms with Gasteiger partial charge in [-0.15, -0.1) is 0 Å². The largest absolute Gasteiger partial charge is 0.497 e. The lowest BCUT2D eigenvalue weighted by Gasteiger charge is -2.18. The summed E-state index contributed by atoms with van der Waals surface area (Å²) in [4.78, 5) is 19.4. The van der Waals surface area contributed by atoms with E-state index in [2.05, 4.69) is 28.6 Å². The van der Waals surface area contributed by atoms with Crippen molar-refractivity contribution in [3.05, 3.63) is 72.1 Å². The van der Waals surface area contributed by atoms with Crippen LogP contribution in [0.2, 0.25) is 0 Å². The molecule has 3 aromatic rings. The van der Waals surface area contributed by atoms with Gasteiger partial charge in [0.15, 0.2) is 0 Å². The zero-order chi connectivity index (χ0) is 20.9. The number of aryl methyl sites for hydroxylation is 2. The van der Waals surface area contributed by atoms with Gasteiger partial charge < -0.3 is 14.2 Å². The number of aromatic nitrogens is 2. The van der Waals surface area contributed by atoms with Gasteiger partial charge in [0.1, 0.15) is 11.6 Å². The number of hydrogen-bond donors (Lipinski definition) is 0. The maximum absolute atomic E-state index is 12.7. The summed E-state index contributed by atoms with van der Waals surface area (Å²) in [6.07, 6.45) is 4.30. The highest BCUT2D eigenvalue weighted by atomic mass is 16.5. The van der Waals surface area contributed by atoms with E-state index in [0.717, 1.165) is 55.3 Å². The van der Waals surface area contributed by atoms with Gasteiger partial charge in [0.25, 0.3) is 0 Å². The van der Waals surface area contributed by atoms with E-state index >= 15 is 0 Å². The van der Waals surface area contributed by atoms with Crippen molar-refractivity contribution in [2.45, 2.75) is 32.7 Å². The fraction of sp³-hybridized carbons (Fsp3) is 0.360. The number of carbonyl (C=O) groups is 1. The van der Waals surface area contributed by atoms with Crippen LogP contribution in [0.25, 0.3) is 11.4 Å². The molecule has 0 saturated carbocycles. The topological polar surface area (TPSA) is 47.4 Å². The van der Waals surface area contributed by atoms with E-state index in [4.69, 9.17) is 4.74 Å². The molecule has 5 nitrogen and oxygen atoms in total. The number of likely N-dealkylation sites (tertiary alicyclic amines) is 1. The van der Waals surface area contributed by atoms with Crippen LogP contribution in [-0.4, -0.2) is 40.6 Å². The van der Waals surface area contributed by atoms with E-state index < -0.39 is 0 Å². The molecule has 1 aromatic heterocycles. The Hall–Kier alpha value is -3.08. The summed E-state index contributed by atoms with van der Waals surface area (Å²) in [7, 11) is 1.66. The Morgan fingerprint density at radius 1 is 1.13 bits per heavy atom. The highest BCUT2D eigenvalue weighted by Crippen LogP contribution is 2.25. The summed E-state index contributed by atoms with van der Waals surface area (Å²) in [6, 6.07) is 18.3. The molecule has 1 aliphatic heterocycles. The van der Waals surface area contributed by atoms with Gasteiger partial charge >= 0.3 is 0 Å². The van der Waals surface area contributed by atoms with E-state index in [9.17, 15) is 4.79 Å². The Morgan fingerprint density at radius 2 is 1.90 bits per heavy atom. The molecule has 5 heteroatoms. The average molecular weight is 404 g/mol. The molecule has 0 aliphatic carbocycles. The van der Waals surface area contributed by atoms with Crippen LogP contribution < -0.4 is 4.74 Å². The predicted octanol–water partition coefficient (Wildman–Crippen LogP) is 4.35. The highest BCUT2D eigenvalue weighted by molar-refractivity contribution is 5.76. The van der Waals surface area contributed by atoms with E-state index in [1.54, 1.807) is 7.11 Å². The third-order valence-corrected chi connectivity index (χ3v) is 5.95. The Balaban J connectivity index is 1.33. The van der Waals surface area contributed by atoms with Gasteiger partial charge in [-0.05, 0) is 43.4 Å². The molecule has 156 valence electrons. The fourth-order valence-corrected chi connectivity index (χ4v) is 4.18. The molecule has 1 unspecified atom stereocenters. The second kappa shape index (κ2) is 9.16. The Morgan fingerprint density at radius 3 is 2.63 bits per heavy atom. The van der Waals surface area contributed by atoms with Crippen molar-refractivity contribution in [2.75, 3.05) is 20.2 Å². The predicted molar refractivity (Wildman–Crippen MR) is 118 cm³/mol. The molecular weight excluding hydrogens is 374 g/mol. The van der Waals surface area contributed by atoms with Gasteiger partial charge in [-0.1, -0.05) is 42.5 Å². The van der Waals surface area contributed by atoms with Crippen LogP contribution in [-0.2, 0) is 17.8 Å². The molecule has 0 N–H and O–H groups in total. The zero-order valence-corrected chi connectivity index (χ0v) is 17.8. The molecule has 30 heavy (non-hydrogen) atoms. The van der Waals surface area contributed by atoms with Crippen LogP contribution in [0.5, 0.6) is 5.75 Å². The molecule has 0 radical (unpaired) electrons. The molecule has 1 aliphatic rings. The zero-order valence-electron chi connectivity index (χ0n) is 17.8. The van der Waals surface area contributed by atoms with Crippen molar-refractivity contribution < 1.29 is 9.53 Å². The van der Waals surface area contributed by atoms with Gasteiger partial charge in [-0.2, -0.15) is 0 Å². The van der Waals surface area contributed by atoms with E-state index in [1.165, 1.54) is 5.56 Å². The molecule has 0 spiro atoms. The quantitative estimate of drug-likeness (QED) is 0.589. The number of methoxy groups -OCH3 is 1. The normalized spacial score (nSPS) is 16.1. The third kappa shape index (κ3) is 4.56. The fourth-order valence-electron chi connectivity index (χ4n) is 4.18. The SMILES string of the molecule is COc1ccc(CCC(=O)N2CCC(Cn3c(C)cnc3-c3ccccc3)C2)cc1. The molecule has 4 rings (SSSR count). The van der Waals surface area contributed by atoms with Crippen LogP contribution in [0.1, 0.15) is 24.1 Å². The van der Waals surface area contributed by atoms with Gasteiger partial charge in [0.05, 0.1) is 7.11 Å². The number of amides is 1. The lowest BCUT2D eigenvalue weighted by molar-refractivity contribution is -0.130. The number of hydrogen-bond acceptors (Lipinski definition) is 3. The van der Waals surface area contributed by atoms with Gasteiger partial charge in [0.2, 0.25) is 5.91 Å². The highest BCUT2D eigenvalue weighted by Gasteiger charge is 2.27. The maximum Gasteiger partial charge on any atom is 0.222 e. The van der Waals surface area contributed by atoms with Crippen molar-refractivity contribution in [1.29, 1.82) is 0 Å². The Labute approximate surface area is 178 Å². The van der Waals surface area contributed by atoms with E-state index in [0.29, 0.717) is 12.3 Å². The first-order valence-corrected chi connectivity index (χ1v) is 10.6. The first-order chi connectivity index (χ1) is 14.6. The van der Waals surface area contributed by atoms with Crippen molar-refractivity contribution in [3.63, 3.8) is 0 Å². The van der Waals surface area contributed by atoms with E-state index in [-0.39, 0.29) is 5.91 Å². The second-order valence-electron chi connectivity index (χ2n) is 8.04. The number of carbonyl (C=O) groups excluding carboxylic acids is 1.